The molecule has 0 spiro atoms. The van der Waals surface area contributed by atoms with Crippen molar-refractivity contribution in [3.63, 3.8) is 0 Å². The minimum atomic E-state index is 0.655. The van der Waals surface area contributed by atoms with E-state index in [1.165, 1.54) is 0 Å². The van der Waals surface area contributed by atoms with Crippen LogP contribution in [0.2, 0.25) is 0 Å². The summed E-state index contributed by atoms with van der Waals surface area (Å²) in [7, 11) is 0.675. The molecule has 1 rings (SSSR count). The largest absolute Gasteiger partial charge is 0.569 e. The van der Waals surface area contributed by atoms with Gasteiger partial charge >= 0.3 is 7.69 Å². The first-order valence-corrected chi connectivity index (χ1v) is 4.02. The summed E-state index contributed by atoms with van der Waals surface area (Å²) >= 11 is 0. The van der Waals surface area contributed by atoms with Crippen LogP contribution in [0.4, 0.5) is 0 Å². The molecule has 0 saturated heterocycles. The van der Waals surface area contributed by atoms with Crippen molar-refractivity contribution >= 4 is 7.69 Å². The van der Waals surface area contributed by atoms with Crippen LogP contribution in [-0.4, -0.2) is 12.7 Å². The Bertz CT molecular complexity index is 213. The first-order chi connectivity index (χ1) is 5.83. The predicted octanol–water partition coefficient (Wildman–Crippen LogP) is 1.93. The third kappa shape index (κ3) is 4.03. The zero-order chi connectivity index (χ0) is 9.40. The molecular weight excluding hydrogens is 151 g/mol. The molecule has 1 N–H and O–H groups in total. The third-order valence-electron chi connectivity index (χ3n) is 1.18. The average Bonchev–Trinajstić information content (AvgIpc) is 2.09. The lowest BCUT2D eigenvalue weighted by Crippen LogP contribution is -1.99. The Labute approximate surface area is 74.5 Å². The molecule has 0 fully saturated rings. The fourth-order valence-electron chi connectivity index (χ4n) is 0.750. The van der Waals surface area contributed by atoms with Gasteiger partial charge in [0.1, 0.15) is 5.75 Å². The summed E-state index contributed by atoms with van der Waals surface area (Å²) in [6.45, 7) is 5.96. The molecule has 0 heterocycles. The normalized spacial score (nSPS) is 8.00. The van der Waals surface area contributed by atoms with Crippen molar-refractivity contribution in [2.24, 2.45) is 0 Å². The summed E-state index contributed by atoms with van der Waals surface area (Å²) in [4.78, 5) is 0. The number of hydrogen-bond donors (Lipinski definition) is 1. The molecule has 3 heteroatoms. The highest BCUT2D eigenvalue weighted by atomic mass is 16.5. The first-order valence-electron chi connectivity index (χ1n) is 4.02. The minimum Gasteiger partial charge on any atom is -0.537 e. The Morgan fingerprint density at radius 2 is 2.00 bits per heavy atom. The first kappa shape index (κ1) is 11.0. The second-order valence-electron chi connectivity index (χ2n) is 2.04. The fourth-order valence-corrected chi connectivity index (χ4v) is 0.750. The molecule has 65 valence electrons. The Kier molecular flexibility index (Phi) is 6.20. The smallest absolute Gasteiger partial charge is 0.537 e. The maximum Gasteiger partial charge on any atom is 0.569 e. The van der Waals surface area contributed by atoms with E-state index in [4.69, 9.17) is 9.68 Å². The quantitative estimate of drug-likeness (QED) is 0.678. The molecule has 0 atom stereocenters. The summed E-state index contributed by atoms with van der Waals surface area (Å²) in [6.07, 6.45) is 0. The van der Waals surface area contributed by atoms with Gasteiger partial charge < -0.3 is 9.68 Å². The van der Waals surface area contributed by atoms with E-state index < -0.39 is 0 Å². The summed E-state index contributed by atoms with van der Waals surface area (Å²) in [6, 6.07) is 7.45. The van der Waals surface area contributed by atoms with E-state index in [1.807, 2.05) is 39.0 Å². The minimum absolute atomic E-state index is 0.655. The molecule has 0 aliphatic rings. The van der Waals surface area contributed by atoms with Crippen LogP contribution in [0.1, 0.15) is 19.4 Å². The lowest BCUT2D eigenvalue weighted by molar-refractivity contribution is 0.453. The van der Waals surface area contributed by atoms with Gasteiger partial charge in [0.25, 0.3) is 0 Å². The Balaban J connectivity index is 0.000000561. The molecule has 12 heavy (non-hydrogen) atoms. The molecule has 2 nitrogen and oxygen atoms in total. The molecule has 0 amide bonds. The molecule has 1 aromatic rings. The summed E-state index contributed by atoms with van der Waals surface area (Å²) in [5.41, 5.74) is 1.11. The topological polar surface area (TPSA) is 29.5 Å². The van der Waals surface area contributed by atoms with Gasteiger partial charge in [0.2, 0.25) is 0 Å². The van der Waals surface area contributed by atoms with E-state index in [-0.39, 0.29) is 0 Å². The standard InChI is InChI=1S/C7H8BO2.C2H6/c1-6-3-2-4-7(5-6)10-8-9;1-2/h2-5,9H,1H3;1-2H3. The van der Waals surface area contributed by atoms with Crippen LogP contribution in [0.15, 0.2) is 24.3 Å². The van der Waals surface area contributed by atoms with Crippen LogP contribution < -0.4 is 4.65 Å². The number of hydrogen-bond acceptors (Lipinski definition) is 2. The third-order valence-corrected chi connectivity index (χ3v) is 1.18. The summed E-state index contributed by atoms with van der Waals surface area (Å²) < 4.78 is 4.72. The van der Waals surface area contributed by atoms with Crippen molar-refractivity contribution in [1.29, 1.82) is 0 Å². The number of aryl methyl sites for hydroxylation is 1. The Morgan fingerprint density at radius 1 is 1.33 bits per heavy atom. The van der Waals surface area contributed by atoms with Crippen molar-refractivity contribution < 1.29 is 9.68 Å². The highest BCUT2D eigenvalue weighted by Gasteiger charge is 1.92. The molecule has 0 aromatic heterocycles. The second kappa shape index (κ2) is 6.74. The van der Waals surface area contributed by atoms with Gasteiger partial charge in [-0.15, -0.1) is 0 Å². The SMILES string of the molecule is CC.Cc1cccc(O[B]O)c1. The fraction of sp³-hybridized carbons (Fsp3) is 0.333. The van der Waals surface area contributed by atoms with Crippen molar-refractivity contribution in [2.75, 3.05) is 0 Å². The van der Waals surface area contributed by atoms with Crippen LogP contribution in [0.5, 0.6) is 5.75 Å². The van der Waals surface area contributed by atoms with Crippen LogP contribution in [-0.2, 0) is 0 Å². The van der Waals surface area contributed by atoms with Crippen LogP contribution in [0, 0.1) is 6.92 Å². The van der Waals surface area contributed by atoms with Gasteiger partial charge in [0, 0.05) is 0 Å². The van der Waals surface area contributed by atoms with E-state index in [9.17, 15) is 0 Å². The molecule has 1 radical (unpaired) electrons. The predicted molar refractivity (Wildman–Crippen MR) is 51.1 cm³/mol. The summed E-state index contributed by atoms with van der Waals surface area (Å²) in [5.74, 6) is 0.655. The number of rotatable bonds is 2. The van der Waals surface area contributed by atoms with Crippen LogP contribution >= 0.6 is 0 Å². The second-order valence-corrected chi connectivity index (χ2v) is 2.04. The van der Waals surface area contributed by atoms with Gasteiger partial charge in [-0.3, -0.25) is 0 Å². The van der Waals surface area contributed by atoms with E-state index in [0.717, 1.165) is 5.56 Å². The van der Waals surface area contributed by atoms with Crippen molar-refractivity contribution in [1.82, 2.24) is 0 Å². The molecule has 0 saturated carbocycles. The molecule has 0 aliphatic carbocycles. The van der Waals surface area contributed by atoms with Gasteiger partial charge in [0.15, 0.2) is 0 Å². The molecule has 0 aliphatic heterocycles. The van der Waals surface area contributed by atoms with Gasteiger partial charge in [-0.05, 0) is 24.6 Å². The lowest BCUT2D eigenvalue weighted by Gasteiger charge is -2.00. The Hall–Kier alpha value is -0.955. The van der Waals surface area contributed by atoms with Gasteiger partial charge in [0.05, 0.1) is 0 Å². The Morgan fingerprint density at radius 3 is 2.50 bits per heavy atom. The van der Waals surface area contributed by atoms with E-state index >= 15 is 0 Å². The zero-order valence-electron chi connectivity index (χ0n) is 7.74. The molecular formula is C9H14BO2. The molecule has 0 unspecified atom stereocenters. The van der Waals surface area contributed by atoms with Gasteiger partial charge in [-0.2, -0.15) is 0 Å². The van der Waals surface area contributed by atoms with E-state index in [2.05, 4.69) is 0 Å². The highest BCUT2D eigenvalue weighted by Crippen LogP contribution is 2.10. The average molecular weight is 165 g/mol. The monoisotopic (exact) mass is 165 g/mol. The van der Waals surface area contributed by atoms with Crippen molar-refractivity contribution in [2.45, 2.75) is 20.8 Å². The highest BCUT2D eigenvalue weighted by molar-refractivity contribution is 6.17. The van der Waals surface area contributed by atoms with Crippen LogP contribution in [0.3, 0.4) is 0 Å². The maximum absolute atomic E-state index is 8.26. The zero-order valence-corrected chi connectivity index (χ0v) is 7.74. The number of benzene rings is 1. The van der Waals surface area contributed by atoms with E-state index in [0.29, 0.717) is 13.4 Å². The van der Waals surface area contributed by atoms with Crippen molar-refractivity contribution in [3.8, 4) is 5.75 Å². The summed E-state index contributed by atoms with van der Waals surface area (Å²) in [5, 5.41) is 8.26. The van der Waals surface area contributed by atoms with Gasteiger partial charge in [-0.1, -0.05) is 26.0 Å². The van der Waals surface area contributed by atoms with Gasteiger partial charge in [-0.25, -0.2) is 0 Å². The molecule has 0 bridgehead atoms. The molecule has 1 aromatic carbocycles. The maximum atomic E-state index is 8.26. The van der Waals surface area contributed by atoms with Crippen molar-refractivity contribution in [3.05, 3.63) is 29.8 Å². The van der Waals surface area contributed by atoms with Crippen LogP contribution in [0.25, 0.3) is 0 Å². The lowest BCUT2D eigenvalue weighted by atomic mass is 10.2. The van der Waals surface area contributed by atoms with E-state index in [1.54, 1.807) is 6.07 Å².